The number of benzene rings is 3. The molecule has 0 amide bonds. The van der Waals surface area contributed by atoms with Gasteiger partial charge in [0, 0.05) is 11.1 Å². The molecule has 0 bridgehead atoms. The minimum atomic E-state index is -0.308. The molecule has 6 nitrogen and oxygen atoms in total. The molecule has 5 rings (SSSR count). The number of esters is 1. The van der Waals surface area contributed by atoms with E-state index >= 15 is 0 Å². The van der Waals surface area contributed by atoms with E-state index in [1.165, 1.54) is 5.56 Å². The highest BCUT2D eigenvalue weighted by atomic mass is 16.5. The number of unbranched alkanes of at least 4 members (excludes halogenated alkanes) is 1. The highest BCUT2D eigenvalue weighted by molar-refractivity contribution is 5.90. The molecule has 6 heteroatoms. The third kappa shape index (κ3) is 5.28. The Morgan fingerprint density at radius 3 is 2.50 bits per heavy atom. The second-order valence-electron chi connectivity index (χ2n) is 8.56. The zero-order valence-electron chi connectivity index (χ0n) is 20.2. The van der Waals surface area contributed by atoms with E-state index in [2.05, 4.69) is 16.9 Å². The molecular formula is C30H26N2O4. The number of nitrogens with zero attached hydrogens (tertiary/aromatic N) is 2. The quantitative estimate of drug-likeness (QED) is 0.129. The molecule has 0 radical (unpaired) electrons. The Labute approximate surface area is 209 Å². The summed E-state index contributed by atoms with van der Waals surface area (Å²) in [6.45, 7) is 4.55. The number of carbonyl (C=O) groups excluding carboxylic acids is 1. The van der Waals surface area contributed by atoms with Crippen molar-refractivity contribution < 1.29 is 18.4 Å². The van der Waals surface area contributed by atoms with Crippen LogP contribution in [0.1, 0.15) is 41.4 Å². The van der Waals surface area contributed by atoms with Crippen molar-refractivity contribution in [2.45, 2.75) is 26.7 Å². The molecular weight excluding hydrogens is 452 g/mol. The van der Waals surface area contributed by atoms with Crippen LogP contribution in [0.3, 0.4) is 0 Å². The minimum Gasteiger partial charge on any atom is -0.462 e. The molecule has 0 aliphatic carbocycles. The van der Waals surface area contributed by atoms with Crippen LogP contribution in [0.25, 0.3) is 33.9 Å². The third-order valence-corrected chi connectivity index (χ3v) is 5.77. The zero-order chi connectivity index (χ0) is 24.9. The Morgan fingerprint density at radius 2 is 1.72 bits per heavy atom. The van der Waals surface area contributed by atoms with Gasteiger partial charge in [0.2, 0.25) is 5.89 Å². The van der Waals surface area contributed by atoms with Crippen LogP contribution in [-0.2, 0) is 4.74 Å². The van der Waals surface area contributed by atoms with Crippen LogP contribution in [0.2, 0.25) is 0 Å². The van der Waals surface area contributed by atoms with E-state index in [9.17, 15) is 4.79 Å². The highest BCUT2D eigenvalue weighted by Crippen LogP contribution is 2.28. The van der Waals surface area contributed by atoms with Crippen molar-refractivity contribution in [3.8, 4) is 22.8 Å². The number of carbonyl (C=O) groups is 1. The molecule has 0 N–H and O–H groups in total. The first-order chi connectivity index (χ1) is 17.6. The van der Waals surface area contributed by atoms with Crippen molar-refractivity contribution in [3.63, 3.8) is 0 Å². The van der Waals surface area contributed by atoms with Crippen molar-refractivity contribution >= 4 is 29.0 Å². The number of oxazole rings is 1. The van der Waals surface area contributed by atoms with Crippen LogP contribution in [-0.4, -0.2) is 23.8 Å². The average molecular weight is 479 g/mol. The first-order valence-electron chi connectivity index (χ1n) is 12.0. The molecule has 0 spiro atoms. The van der Waals surface area contributed by atoms with E-state index in [1.54, 1.807) is 18.3 Å². The minimum absolute atomic E-state index is 0.308. The van der Waals surface area contributed by atoms with E-state index < -0.39 is 0 Å². The Kier molecular flexibility index (Phi) is 6.76. The van der Waals surface area contributed by atoms with Gasteiger partial charge in [0.1, 0.15) is 17.0 Å². The number of hydrogen-bond donors (Lipinski definition) is 0. The van der Waals surface area contributed by atoms with Gasteiger partial charge < -0.3 is 13.6 Å². The van der Waals surface area contributed by atoms with Gasteiger partial charge in [0.25, 0.3) is 0 Å². The Hall–Kier alpha value is -4.45. The lowest BCUT2D eigenvalue weighted by Crippen LogP contribution is -2.05. The number of rotatable bonds is 8. The molecule has 5 aromatic rings. The largest absolute Gasteiger partial charge is 0.462 e. The van der Waals surface area contributed by atoms with Crippen LogP contribution in [0.15, 0.2) is 92.7 Å². The summed E-state index contributed by atoms with van der Waals surface area (Å²) in [4.78, 5) is 21.2. The van der Waals surface area contributed by atoms with Gasteiger partial charge in [0.05, 0.1) is 24.1 Å². The number of aryl methyl sites for hydroxylation is 1. The van der Waals surface area contributed by atoms with Gasteiger partial charge in [-0.25, -0.2) is 9.78 Å². The normalized spacial score (nSPS) is 11.4. The Bertz CT molecular complexity index is 1510. The highest BCUT2D eigenvalue weighted by Gasteiger charge is 2.10. The second-order valence-corrected chi connectivity index (χ2v) is 8.56. The number of ether oxygens (including phenoxy) is 1. The smallest absolute Gasteiger partial charge is 0.338 e. The van der Waals surface area contributed by atoms with Crippen molar-refractivity contribution in [2.75, 3.05) is 6.61 Å². The first-order valence-corrected chi connectivity index (χ1v) is 12.0. The van der Waals surface area contributed by atoms with E-state index in [0.717, 1.165) is 35.2 Å². The van der Waals surface area contributed by atoms with Crippen molar-refractivity contribution in [3.05, 3.63) is 95.7 Å². The summed E-state index contributed by atoms with van der Waals surface area (Å²) in [5.41, 5.74) is 5.72. The van der Waals surface area contributed by atoms with Gasteiger partial charge in [-0.3, -0.25) is 4.99 Å². The van der Waals surface area contributed by atoms with Crippen molar-refractivity contribution in [1.82, 2.24) is 4.98 Å². The molecule has 0 saturated heterocycles. The van der Waals surface area contributed by atoms with Crippen molar-refractivity contribution in [1.29, 1.82) is 0 Å². The van der Waals surface area contributed by atoms with E-state index in [-0.39, 0.29) is 5.97 Å². The topological polar surface area (TPSA) is 77.8 Å². The second kappa shape index (κ2) is 10.4. The molecule has 0 saturated carbocycles. The van der Waals surface area contributed by atoms with Gasteiger partial charge in [-0.15, -0.1) is 0 Å². The number of aromatic nitrogens is 1. The van der Waals surface area contributed by atoms with Crippen LogP contribution in [0.4, 0.5) is 5.69 Å². The van der Waals surface area contributed by atoms with Crippen LogP contribution in [0, 0.1) is 6.92 Å². The molecule has 0 atom stereocenters. The third-order valence-electron chi connectivity index (χ3n) is 5.77. The fourth-order valence-electron chi connectivity index (χ4n) is 3.69. The van der Waals surface area contributed by atoms with Crippen LogP contribution >= 0.6 is 0 Å². The summed E-state index contributed by atoms with van der Waals surface area (Å²) in [5, 5.41) is 0. The predicted octanol–water partition coefficient (Wildman–Crippen LogP) is 7.77. The number of hydrogen-bond acceptors (Lipinski definition) is 6. The van der Waals surface area contributed by atoms with E-state index in [4.69, 9.17) is 13.6 Å². The summed E-state index contributed by atoms with van der Waals surface area (Å²) in [6, 6.07) is 24.6. The summed E-state index contributed by atoms with van der Waals surface area (Å²) in [7, 11) is 0. The average Bonchev–Trinajstić information content (AvgIpc) is 3.55. The molecule has 36 heavy (non-hydrogen) atoms. The standard InChI is InChI=1S/C30H26N2O4/c1-3-4-17-34-30(33)23-11-9-21(10-12-23)27-16-14-25(35-27)19-31-24-13-15-28-26(18-24)32-29(36-28)22-7-5-20(2)6-8-22/h5-16,18-19H,3-4,17H2,1-2H3. The number of aliphatic imine (C=N–C) groups is 1. The zero-order valence-corrected chi connectivity index (χ0v) is 20.2. The molecule has 3 aromatic carbocycles. The predicted molar refractivity (Wildman–Crippen MR) is 141 cm³/mol. The number of fused-ring (bicyclic) bond motifs is 1. The van der Waals surface area contributed by atoms with Gasteiger partial charge in [-0.05, 0) is 67.9 Å². The fourth-order valence-corrected chi connectivity index (χ4v) is 3.69. The molecule has 0 aliphatic heterocycles. The van der Waals surface area contributed by atoms with Gasteiger partial charge >= 0.3 is 5.97 Å². The summed E-state index contributed by atoms with van der Waals surface area (Å²) in [6.07, 6.45) is 3.52. The Balaban J connectivity index is 1.27. The lowest BCUT2D eigenvalue weighted by molar-refractivity contribution is 0.0499. The molecule has 180 valence electrons. The van der Waals surface area contributed by atoms with Crippen LogP contribution in [0.5, 0.6) is 0 Å². The molecule has 2 aromatic heterocycles. The lowest BCUT2D eigenvalue weighted by atomic mass is 10.1. The van der Waals surface area contributed by atoms with Crippen LogP contribution < -0.4 is 0 Å². The lowest BCUT2D eigenvalue weighted by Gasteiger charge is -2.04. The summed E-state index contributed by atoms with van der Waals surface area (Å²) >= 11 is 0. The van der Waals surface area contributed by atoms with E-state index in [0.29, 0.717) is 35.2 Å². The monoisotopic (exact) mass is 478 g/mol. The molecule has 2 heterocycles. The van der Waals surface area contributed by atoms with Gasteiger partial charge in [-0.2, -0.15) is 0 Å². The summed E-state index contributed by atoms with van der Waals surface area (Å²) in [5.74, 6) is 1.59. The number of furan rings is 1. The SMILES string of the molecule is CCCCOC(=O)c1ccc(-c2ccc(C=Nc3ccc4oc(-c5ccc(C)cc5)nc4c3)o2)cc1. The Morgan fingerprint density at radius 1 is 0.944 bits per heavy atom. The maximum Gasteiger partial charge on any atom is 0.338 e. The van der Waals surface area contributed by atoms with E-state index in [1.807, 2.05) is 73.7 Å². The summed E-state index contributed by atoms with van der Waals surface area (Å²) < 4.78 is 17.1. The maximum absolute atomic E-state index is 12.1. The maximum atomic E-state index is 12.1. The molecule has 0 unspecified atom stereocenters. The first kappa shape index (κ1) is 23.3. The molecule has 0 aliphatic rings. The molecule has 0 fully saturated rings. The van der Waals surface area contributed by atoms with Crippen molar-refractivity contribution in [2.24, 2.45) is 4.99 Å². The van der Waals surface area contributed by atoms with Gasteiger partial charge in [-0.1, -0.05) is 43.2 Å². The van der Waals surface area contributed by atoms with Gasteiger partial charge in [0.15, 0.2) is 5.58 Å². The fraction of sp³-hybridized carbons (Fsp3) is 0.167.